The number of rotatable bonds is 9. The van der Waals surface area contributed by atoms with Gasteiger partial charge in [-0.2, -0.15) is 0 Å². The van der Waals surface area contributed by atoms with Gasteiger partial charge >= 0.3 is 14.8 Å². The topological polar surface area (TPSA) is 54.0 Å². The van der Waals surface area contributed by atoms with E-state index >= 15 is 0 Å². The Morgan fingerprint density at radius 1 is 1.22 bits per heavy atom. The quantitative estimate of drug-likeness (QED) is 0.366. The molecule has 0 aromatic heterocycles. The summed E-state index contributed by atoms with van der Waals surface area (Å²) in [6, 6.07) is 0.697. The Hall–Kier alpha value is -0.693. The molecule has 0 saturated carbocycles. The van der Waals surface area contributed by atoms with Crippen LogP contribution in [0.3, 0.4) is 0 Å². The molecule has 0 N–H and O–H groups in total. The zero-order valence-corrected chi connectivity index (χ0v) is 12.9. The van der Waals surface area contributed by atoms with Crippen molar-refractivity contribution >= 4 is 14.8 Å². The molecule has 0 heterocycles. The van der Waals surface area contributed by atoms with Gasteiger partial charge in [0.2, 0.25) is 0 Å². The minimum atomic E-state index is -2.52. The molecule has 0 aromatic rings. The lowest BCUT2D eigenvalue weighted by atomic mass is 10.1. The first-order chi connectivity index (χ1) is 8.40. The molecule has 0 radical (unpaired) electrons. The Labute approximate surface area is 110 Å². The van der Waals surface area contributed by atoms with E-state index in [9.17, 15) is 4.79 Å². The maximum absolute atomic E-state index is 11.2. The molecule has 0 aromatic carbocycles. The maximum Gasteiger partial charge on any atom is 0.500 e. The second-order valence-electron chi connectivity index (χ2n) is 4.32. The van der Waals surface area contributed by atoms with Crippen LogP contribution in [0.2, 0.25) is 6.04 Å². The van der Waals surface area contributed by atoms with Crippen LogP contribution in [0, 0.1) is 5.92 Å². The summed E-state index contributed by atoms with van der Waals surface area (Å²) in [7, 11) is 2.25. The van der Waals surface area contributed by atoms with Gasteiger partial charge in [0.15, 0.2) is 0 Å². The molecule has 0 amide bonds. The van der Waals surface area contributed by atoms with Crippen molar-refractivity contribution < 1.29 is 22.8 Å². The number of ether oxygens (including phenoxy) is 1. The van der Waals surface area contributed by atoms with Crippen LogP contribution in [0.4, 0.5) is 0 Å². The molecule has 1 atom stereocenters. The first-order valence-electron chi connectivity index (χ1n) is 5.88. The van der Waals surface area contributed by atoms with Crippen molar-refractivity contribution in [3.8, 4) is 0 Å². The fourth-order valence-corrected chi connectivity index (χ4v) is 3.36. The molecular weight excluding hydrogens is 252 g/mol. The van der Waals surface area contributed by atoms with E-state index in [1.54, 1.807) is 28.3 Å². The Kier molecular flexibility index (Phi) is 8.09. The highest BCUT2D eigenvalue weighted by Gasteiger charge is 2.37. The highest BCUT2D eigenvalue weighted by Crippen LogP contribution is 2.19. The first-order valence-corrected chi connectivity index (χ1v) is 7.82. The summed E-state index contributed by atoms with van der Waals surface area (Å²) in [6.45, 7) is 7.54. The van der Waals surface area contributed by atoms with E-state index in [4.69, 9.17) is 18.0 Å². The Balaban J connectivity index is 4.06. The van der Waals surface area contributed by atoms with Crippen molar-refractivity contribution in [3.63, 3.8) is 0 Å². The van der Waals surface area contributed by atoms with Crippen molar-refractivity contribution in [1.82, 2.24) is 0 Å². The Bertz CT molecular complexity index is 267. The van der Waals surface area contributed by atoms with Gasteiger partial charge in [-0.3, -0.25) is 0 Å². The molecule has 0 aliphatic rings. The average molecular weight is 276 g/mol. The summed E-state index contributed by atoms with van der Waals surface area (Å²) in [4.78, 5) is 11.2. The summed E-state index contributed by atoms with van der Waals surface area (Å²) in [5.41, 5.74) is 0.414. The second kappa shape index (κ2) is 8.42. The van der Waals surface area contributed by atoms with Crippen LogP contribution < -0.4 is 0 Å². The molecule has 0 rings (SSSR count). The van der Waals surface area contributed by atoms with Gasteiger partial charge in [-0.05, 0) is 19.3 Å². The predicted octanol–water partition coefficient (Wildman–Crippen LogP) is 2.01. The van der Waals surface area contributed by atoms with E-state index in [1.165, 1.54) is 0 Å². The number of carbonyl (C=O) groups is 1. The summed E-state index contributed by atoms with van der Waals surface area (Å²) in [6.07, 6.45) is 0.811. The number of hydrogen-bond acceptors (Lipinski definition) is 5. The van der Waals surface area contributed by atoms with Gasteiger partial charge in [-0.1, -0.05) is 13.5 Å². The van der Waals surface area contributed by atoms with Crippen LogP contribution in [0.25, 0.3) is 0 Å². The number of carbonyl (C=O) groups excluding carboxylic acids is 1. The van der Waals surface area contributed by atoms with Gasteiger partial charge in [0.25, 0.3) is 0 Å². The van der Waals surface area contributed by atoms with E-state index in [1.807, 2.05) is 6.92 Å². The van der Waals surface area contributed by atoms with Gasteiger partial charge in [0.05, 0.1) is 6.61 Å². The summed E-state index contributed by atoms with van der Waals surface area (Å²) >= 11 is 0. The fraction of sp³-hybridized carbons (Fsp3) is 0.750. The van der Waals surface area contributed by atoms with E-state index < -0.39 is 8.80 Å². The molecule has 0 spiro atoms. The average Bonchev–Trinajstić information content (AvgIpc) is 2.38. The lowest BCUT2D eigenvalue weighted by Crippen LogP contribution is -2.43. The highest BCUT2D eigenvalue weighted by molar-refractivity contribution is 6.60. The van der Waals surface area contributed by atoms with E-state index in [0.29, 0.717) is 18.2 Å². The van der Waals surface area contributed by atoms with Gasteiger partial charge in [-0.15, -0.1) is 0 Å². The normalized spacial score (nSPS) is 13.2. The zero-order valence-electron chi connectivity index (χ0n) is 11.9. The van der Waals surface area contributed by atoms with Crippen molar-refractivity contribution in [2.45, 2.75) is 26.3 Å². The van der Waals surface area contributed by atoms with Crippen LogP contribution in [0.1, 0.15) is 20.3 Å². The predicted molar refractivity (Wildman–Crippen MR) is 71.1 cm³/mol. The summed E-state index contributed by atoms with van der Waals surface area (Å²) < 4.78 is 21.1. The van der Waals surface area contributed by atoms with Crippen LogP contribution in [-0.4, -0.2) is 42.7 Å². The van der Waals surface area contributed by atoms with Crippen LogP contribution >= 0.6 is 0 Å². The number of hydrogen-bond donors (Lipinski definition) is 0. The smallest absolute Gasteiger partial charge is 0.462 e. The molecule has 18 heavy (non-hydrogen) atoms. The highest BCUT2D eigenvalue weighted by atomic mass is 28.4. The van der Waals surface area contributed by atoms with Gasteiger partial charge < -0.3 is 18.0 Å². The first kappa shape index (κ1) is 17.3. The van der Waals surface area contributed by atoms with E-state index in [0.717, 1.165) is 6.42 Å². The largest absolute Gasteiger partial charge is 0.500 e. The minimum Gasteiger partial charge on any atom is -0.462 e. The molecule has 0 fully saturated rings. The molecular formula is C12H24O5Si. The second-order valence-corrected chi connectivity index (χ2v) is 7.41. The standard InChI is InChI=1S/C12H24O5Si/c1-10(2)12(13)17-9-11(3)7-8-18(14-4,15-5)16-6/h11H,1,7-9H2,2-6H3. The zero-order chi connectivity index (χ0) is 14.2. The molecule has 0 aliphatic heterocycles. The number of esters is 1. The molecule has 0 bridgehead atoms. The summed E-state index contributed by atoms with van der Waals surface area (Å²) in [5, 5.41) is 0. The Morgan fingerprint density at radius 3 is 2.11 bits per heavy atom. The minimum absolute atomic E-state index is 0.223. The monoisotopic (exact) mass is 276 g/mol. The van der Waals surface area contributed by atoms with E-state index in [-0.39, 0.29) is 11.9 Å². The van der Waals surface area contributed by atoms with Gasteiger partial charge in [0, 0.05) is 32.9 Å². The van der Waals surface area contributed by atoms with E-state index in [2.05, 4.69) is 6.58 Å². The van der Waals surface area contributed by atoms with Crippen LogP contribution in [0.15, 0.2) is 12.2 Å². The van der Waals surface area contributed by atoms with Crippen molar-refractivity contribution in [1.29, 1.82) is 0 Å². The molecule has 0 saturated heterocycles. The van der Waals surface area contributed by atoms with Crippen molar-refractivity contribution in [3.05, 3.63) is 12.2 Å². The van der Waals surface area contributed by atoms with Crippen molar-refractivity contribution in [2.24, 2.45) is 5.92 Å². The summed E-state index contributed by atoms with van der Waals surface area (Å²) in [5.74, 6) is -0.129. The third-order valence-corrected chi connectivity index (χ3v) is 5.49. The van der Waals surface area contributed by atoms with Crippen molar-refractivity contribution in [2.75, 3.05) is 27.9 Å². The Morgan fingerprint density at radius 2 is 1.72 bits per heavy atom. The molecule has 6 heteroatoms. The fourth-order valence-electron chi connectivity index (χ4n) is 1.40. The van der Waals surface area contributed by atoms with Gasteiger partial charge in [-0.25, -0.2) is 4.79 Å². The third kappa shape index (κ3) is 5.77. The third-order valence-electron chi connectivity index (χ3n) is 2.72. The lowest BCUT2D eigenvalue weighted by molar-refractivity contribution is -0.140. The lowest BCUT2D eigenvalue weighted by Gasteiger charge is -2.25. The molecule has 0 aliphatic carbocycles. The molecule has 5 nitrogen and oxygen atoms in total. The van der Waals surface area contributed by atoms with Gasteiger partial charge in [0.1, 0.15) is 0 Å². The van der Waals surface area contributed by atoms with Crippen LogP contribution in [-0.2, 0) is 22.8 Å². The van der Waals surface area contributed by atoms with Crippen LogP contribution in [0.5, 0.6) is 0 Å². The molecule has 1 unspecified atom stereocenters. The SMILES string of the molecule is C=C(C)C(=O)OCC(C)CC[Si](OC)(OC)OC. The maximum atomic E-state index is 11.2. The molecule has 106 valence electrons.